The SMILES string of the molecule is CC(c1cccc(NC(=O)c2ccccc2)c1)N(C)C(=O)CCn1c(=O)n(C)c2ccccc21. The maximum atomic E-state index is 13.0. The van der Waals surface area contributed by atoms with Gasteiger partial charge in [0.05, 0.1) is 17.1 Å². The van der Waals surface area contributed by atoms with E-state index in [9.17, 15) is 14.4 Å². The molecule has 0 spiro atoms. The lowest BCUT2D eigenvalue weighted by Crippen LogP contribution is -2.31. The van der Waals surface area contributed by atoms with Gasteiger partial charge < -0.3 is 10.2 Å². The molecule has 4 rings (SSSR count). The molecular weight excluding hydrogens is 428 g/mol. The molecule has 1 aromatic heterocycles. The van der Waals surface area contributed by atoms with Crippen molar-refractivity contribution in [2.75, 3.05) is 12.4 Å². The molecule has 0 saturated carbocycles. The summed E-state index contributed by atoms with van der Waals surface area (Å²) in [5.74, 6) is -0.249. The molecule has 2 amide bonds. The van der Waals surface area contributed by atoms with Gasteiger partial charge in [-0.15, -0.1) is 0 Å². The summed E-state index contributed by atoms with van der Waals surface area (Å²) in [6.07, 6.45) is 0.208. The molecular formula is C27H28N4O3. The number of amides is 2. The van der Waals surface area contributed by atoms with Crippen molar-refractivity contribution in [2.24, 2.45) is 7.05 Å². The van der Waals surface area contributed by atoms with Crippen molar-refractivity contribution in [3.8, 4) is 0 Å². The summed E-state index contributed by atoms with van der Waals surface area (Å²) in [7, 11) is 3.49. The van der Waals surface area contributed by atoms with Crippen molar-refractivity contribution >= 4 is 28.5 Å². The fourth-order valence-electron chi connectivity index (χ4n) is 4.07. The van der Waals surface area contributed by atoms with Crippen LogP contribution in [0.5, 0.6) is 0 Å². The van der Waals surface area contributed by atoms with Crippen molar-refractivity contribution in [1.82, 2.24) is 14.0 Å². The van der Waals surface area contributed by atoms with E-state index in [2.05, 4.69) is 5.32 Å². The standard InChI is InChI=1S/C27H28N4O3/c1-19(21-12-9-13-22(18-21)28-26(33)20-10-5-4-6-11-20)29(2)25(32)16-17-31-24-15-8-7-14-23(24)30(3)27(31)34/h4-15,18-19H,16-17H2,1-3H3,(H,28,33). The Morgan fingerprint density at radius 2 is 1.62 bits per heavy atom. The Morgan fingerprint density at radius 3 is 2.35 bits per heavy atom. The van der Waals surface area contributed by atoms with Crippen LogP contribution in [-0.4, -0.2) is 32.9 Å². The zero-order valence-electron chi connectivity index (χ0n) is 19.6. The summed E-state index contributed by atoms with van der Waals surface area (Å²) >= 11 is 0. The number of fused-ring (bicyclic) bond motifs is 1. The molecule has 0 saturated heterocycles. The zero-order valence-corrected chi connectivity index (χ0v) is 19.6. The van der Waals surface area contributed by atoms with Crippen LogP contribution in [0.4, 0.5) is 5.69 Å². The van der Waals surface area contributed by atoms with Crippen molar-refractivity contribution < 1.29 is 9.59 Å². The van der Waals surface area contributed by atoms with Crippen LogP contribution in [0.1, 0.15) is 35.3 Å². The monoisotopic (exact) mass is 456 g/mol. The van der Waals surface area contributed by atoms with Crippen LogP contribution in [0.3, 0.4) is 0 Å². The maximum Gasteiger partial charge on any atom is 0.328 e. The number of hydrogen-bond acceptors (Lipinski definition) is 3. The third-order valence-corrected chi connectivity index (χ3v) is 6.24. The van der Waals surface area contributed by atoms with Crippen LogP contribution < -0.4 is 11.0 Å². The molecule has 0 aliphatic heterocycles. The highest BCUT2D eigenvalue weighted by Gasteiger charge is 2.19. The smallest absolute Gasteiger partial charge is 0.328 e. The molecule has 7 nitrogen and oxygen atoms in total. The van der Waals surface area contributed by atoms with E-state index in [1.807, 2.05) is 73.7 Å². The van der Waals surface area contributed by atoms with E-state index in [0.29, 0.717) is 17.8 Å². The summed E-state index contributed by atoms with van der Waals surface area (Å²) in [4.78, 5) is 39.7. The predicted molar refractivity (Wildman–Crippen MR) is 134 cm³/mol. The fraction of sp³-hybridized carbons (Fsp3) is 0.222. The van der Waals surface area contributed by atoms with Gasteiger partial charge in [0.2, 0.25) is 5.91 Å². The number of benzene rings is 3. The average molecular weight is 457 g/mol. The zero-order chi connectivity index (χ0) is 24.2. The molecule has 1 N–H and O–H groups in total. The number of nitrogens with zero attached hydrogens (tertiary/aromatic N) is 3. The van der Waals surface area contributed by atoms with Gasteiger partial charge in [0.15, 0.2) is 0 Å². The van der Waals surface area contributed by atoms with E-state index in [1.54, 1.807) is 40.3 Å². The third-order valence-electron chi connectivity index (χ3n) is 6.24. The van der Waals surface area contributed by atoms with Crippen LogP contribution >= 0.6 is 0 Å². The highest BCUT2D eigenvalue weighted by atomic mass is 16.2. The highest BCUT2D eigenvalue weighted by Crippen LogP contribution is 2.23. The molecule has 0 radical (unpaired) electrons. The summed E-state index contributed by atoms with van der Waals surface area (Å²) in [6, 6.07) is 23.9. The van der Waals surface area contributed by atoms with Gasteiger partial charge in [0, 0.05) is 38.3 Å². The Morgan fingerprint density at radius 1 is 0.941 bits per heavy atom. The number of nitrogens with one attached hydrogen (secondary N) is 1. The van der Waals surface area contributed by atoms with Gasteiger partial charge in [-0.3, -0.25) is 18.7 Å². The van der Waals surface area contributed by atoms with Crippen LogP contribution in [0.15, 0.2) is 83.7 Å². The van der Waals surface area contributed by atoms with E-state index < -0.39 is 0 Å². The molecule has 0 fully saturated rings. The van der Waals surface area contributed by atoms with Gasteiger partial charge >= 0.3 is 5.69 Å². The van der Waals surface area contributed by atoms with E-state index in [1.165, 1.54) is 0 Å². The summed E-state index contributed by atoms with van der Waals surface area (Å²) in [5.41, 5.74) is 3.69. The topological polar surface area (TPSA) is 76.3 Å². The Bertz CT molecular complexity index is 1390. The number of rotatable bonds is 7. The summed E-state index contributed by atoms with van der Waals surface area (Å²) in [5, 5.41) is 2.91. The minimum Gasteiger partial charge on any atom is -0.339 e. The van der Waals surface area contributed by atoms with Gasteiger partial charge in [0.25, 0.3) is 5.91 Å². The first-order valence-electron chi connectivity index (χ1n) is 11.2. The van der Waals surface area contributed by atoms with Crippen molar-refractivity contribution in [2.45, 2.75) is 25.9 Å². The first kappa shape index (κ1) is 23.0. The van der Waals surface area contributed by atoms with E-state index in [4.69, 9.17) is 0 Å². The lowest BCUT2D eigenvalue weighted by Gasteiger charge is -2.26. The molecule has 3 aromatic carbocycles. The van der Waals surface area contributed by atoms with Crippen molar-refractivity contribution in [1.29, 1.82) is 0 Å². The molecule has 34 heavy (non-hydrogen) atoms. The Labute approximate surface area is 198 Å². The number of carbonyl (C=O) groups excluding carboxylic acids is 2. The number of imidazole rings is 1. The lowest BCUT2D eigenvalue weighted by molar-refractivity contribution is -0.132. The Hall–Kier alpha value is -4.13. The number of carbonyl (C=O) groups is 2. The molecule has 7 heteroatoms. The van der Waals surface area contributed by atoms with Gasteiger partial charge in [0.1, 0.15) is 0 Å². The largest absolute Gasteiger partial charge is 0.339 e. The van der Waals surface area contributed by atoms with Crippen LogP contribution in [0.2, 0.25) is 0 Å². The minimum absolute atomic E-state index is 0.0638. The van der Waals surface area contributed by atoms with Crippen LogP contribution in [0, 0.1) is 0 Å². The predicted octanol–water partition coefficient (Wildman–Crippen LogP) is 4.20. The highest BCUT2D eigenvalue weighted by molar-refractivity contribution is 6.04. The van der Waals surface area contributed by atoms with Crippen LogP contribution in [-0.2, 0) is 18.4 Å². The molecule has 0 bridgehead atoms. The first-order valence-corrected chi connectivity index (χ1v) is 11.2. The van der Waals surface area contributed by atoms with Crippen molar-refractivity contribution in [3.05, 3.63) is 100 Å². The number of aromatic nitrogens is 2. The second-order valence-corrected chi connectivity index (χ2v) is 8.36. The van der Waals surface area contributed by atoms with Gasteiger partial charge in [-0.1, -0.05) is 42.5 Å². The fourth-order valence-corrected chi connectivity index (χ4v) is 4.07. The first-order chi connectivity index (χ1) is 16.4. The Balaban J connectivity index is 1.43. The Kier molecular flexibility index (Phi) is 6.63. The number of para-hydroxylation sites is 2. The molecule has 1 unspecified atom stereocenters. The molecule has 1 heterocycles. The minimum atomic E-state index is -0.203. The molecule has 0 aliphatic carbocycles. The summed E-state index contributed by atoms with van der Waals surface area (Å²) < 4.78 is 3.24. The van der Waals surface area contributed by atoms with Gasteiger partial charge in [-0.25, -0.2) is 4.79 Å². The maximum absolute atomic E-state index is 13.0. The van der Waals surface area contributed by atoms with E-state index >= 15 is 0 Å². The van der Waals surface area contributed by atoms with Gasteiger partial charge in [-0.05, 0) is 48.9 Å². The quantitative estimate of drug-likeness (QED) is 0.453. The second-order valence-electron chi connectivity index (χ2n) is 8.36. The second kappa shape index (κ2) is 9.79. The molecule has 174 valence electrons. The molecule has 4 aromatic rings. The van der Waals surface area contributed by atoms with Crippen molar-refractivity contribution in [3.63, 3.8) is 0 Å². The van der Waals surface area contributed by atoms with E-state index in [-0.39, 0.29) is 30.0 Å². The number of aryl methyl sites for hydroxylation is 2. The van der Waals surface area contributed by atoms with E-state index in [0.717, 1.165) is 16.6 Å². The molecule has 1 atom stereocenters. The average Bonchev–Trinajstić information content (AvgIpc) is 3.11. The third kappa shape index (κ3) is 4.64. The molecule has 0 aliphatic rings. The number of anilines is 1. The van der Waals surface area contributed by atoms with Crippen LogP contribution in [0.25, 0.3) is 11.0 Å². The van der Waals surface area contributed by atoms with Gasteiger partial charge in [-0.2, -0.15) is 0 Å². The summed E-state index contributed by atoms with van der Waals surface area (Å²) in [6.45, 7) is 2.25. The normalized spacial score (nSPS) is 11.9. The lowest BCUT2D eigenvalue weighted by atomic mass is 10.1. The number of hydrogen-bond donors (Lipinski definition) is 1.